The van der Waals surface area contributed by atoms with Crippen LogP contribution in [0.3, 0.4) is 0 Å². The molecule has 1 saturated heterocycles. The van der Waals surface area contributed by atoms with E-state index in [1.165, 1.54) is 33.3 Å². The summed E-state index contributed by atoms with van der Waals surface area (Å²) in [6.45, 7) is 3.31. The number of aromatic hydroxyl groups is 1. The van der Waals surface area contributed by atoms with E-state index < -0.39 is 0 Å². The van der Waals surface area contributed by atoms with E-state index in [4.69, 9.17) is 0 Å². The number of phenolic OH excluding ortho intramolecular Hbond substituents is 1. The van der Waals surface area contributed by atoms with Gasteiger partial charge >= 0.3 is 0 Å². The van der Waals surface area contributed by atoms with Crippen molar-refractivity contribution in [3.63, 3.8) is 0 Å². The number of fused-ring (bicyclic) bond motifs is 4. The summed E-state index contributed by atoms with van der Waals surface area (Å²) >= 11 is 3.70. The molecule has 0 radical (unpaired) electrons. The third kappa shape index (κ3) is 3.68. The first-order chi connectivity index (χ1) is 16.5. The average Bonchev–Trinajstić information content (AvgIpc) is 3.12. The maximum atomic E-state index is 10.4. The molecular formula is C30H31BrN2O. The number of hydrogen-bond acceptors (Lipinski definition) is 2. The molecule has 0 bridgehead atoms. The Morgan fingerprint density at radius 3 is 2.71 bits per heavy atom. The highest BCUT2D eigenvalue weighted by Gasteiger charge is 2.48. The van der Waals surface area contributed by atoms with E-state index in [0.29, 0.717) is 11.7 Å². The molecule has 2 aliphatic rings. The number of aryl methyl sites for hydroxylation is 1. The first kappa shape index (κ1) is 21.9. The summed E-state index contributed by atoms with van der Waals surface area (Å²) in [6.07, 6.45) is 4.34. The highest BCUT2D eigenvalue weighted by molar-refractivity contribution is 9.10. The minimum Gasteiger partial charge on any atom is -0.508 e. The molecule has 1 aliphatic heterocycles. The first-order valence-corrected chi connectivity index (χ1v) is 13.1. The maximum absolute atomic E-state index is 10.4. The minimum atomic E-state index is 0.0638. The number of rotatable bonds is 4. The molecule has 0 amide bonds. The van der Waals surface area contributed by atoms with E-state index in [0.717, 1.165) is 49.8 Å². The van der Waals surface area contributed by atoms with E-state index in [9.17, 15) is 5.11 Å². The second-order valence-electron chi connectivity index (χ2n) is 10.2. The van der Waals surface area contributed by atoms with E-state index in [1.807, 2.05) is 12.1 Å². The Bertz CT molecular complexity index is 1340. The standard InChI is InChI=1S/C30H31BrN2O/c1-32-28-11-10-24(31)18-27(28)26-17-23-20-33(14-12-21-6-3-2-4-7-21)15-13-30(23,19-29(26)32)22-8-5-9-25(34)16-22/h2-11,16,18,23,34H,12-15,17,19-20H2,1H3. The molecule has 1 aromatic heterocycles. The molecule has 1 N–H and O–H groups in total. The predicted molar refractivity (Wildman–Crippen MR) is 143 cm³/mol. The molecule has 3 aromatic carbocycles. The lowest BCUT2D eigenvalue weighted by atomic mass is 9.58. The Kier molecular flexibility index (Phi) is 5.54. The SMILES string of the molecule is Cn1c2c(c3cc(Br)ccc31)CC1CN(CCc3ccccc3)CCC1(c1cccc(O)c1)C2. The number of halogens is 1. The topological polar surface area (TPSA) is 28.4 Å². The fourth-order valence-corrected chi connectivity index (χ4v) is 6.97. The first-order valence-electron chi connectivity index (χ1n) is 12.3. The van der Waals surface area contributed by atoms with Crippen molar-refractivity contribution in [2.75, 3.05) is 19.6 Å². The monoisotopic (exact) mass is 514 g/mol. The third-order valence-corrected chi connectivity index (χ3v) is 8.94. The second kappa shape index (κ2) is 8.58. The van der Waals surface area contributed by atoms with Crippen LogP contribution < -0.4 is 0 Å². The smallest absolute Gasteiger partial charge is 0.115 e. The molecule has 2 unspecified atom stereocenters. The second-order valence-corrected chi connectivity index (χ2v) is 11.1. The number of hydrogen-bond donors (Lipinski definition) is 1. The van der Waals surface area contributed by atoms with E-state index in [2.05, 4.69) is 87.0 Å². The van der Waals surface area contributed by atoms with Crippen LogP contribution >= 0.6 is 15.9 Å². The summed E-state index contributed by atoms with van der Waals surface area (Å²) in [5.74, 6) is 0.903. The summed E-state index contributed by atoms with van der Waals surface area (Å²) < 4.78 is 3.56. The van der Waals surface area contributed by atoms with Crippen LogP contribution in [0.25, 0.3) is 10.9 Å². The van der Waals surface area contributed by atoms with Gasteiger partial charge in [-0.1, -0.05) is 58.4 Å². The molecular weight excluding hydrogens is 484 g/mol. The van der Waals surface area contributed by atoms with Gasteiger partial charge in [0.05, 0.1) is 0 Å². The molecule has 34 heavy (non-hydrogen) atoms. The van der Waals surface area contributed by atoms with Gasteiger partial charge < -0.3 is 14.6 Å². The van der Waals surface area contributed by atoms with Gasteiger partial charge in [0.25, 0.3) is 0 Å². The van der Waals surface area contributed by atoms with Crippen LogP contribution in [0.15, 0.2) is 77.3 Å². The summed E-state index contributed by atoms with van der Waals surface area (Å²) in [5, 5.41) is 11.8. The average molecular weight is 515 g/mol. The van der Waals surface area contributed by atoms with Crippen molar-refractivity contribution >= 4 is 26.8 Å². The van der Waals surface area contributed by atoms with Crippen molar-refractivity contribution in [2.45, 2.75) is 31.1 Å². The molecule has 4 heteroatoms. The Balaban J connectivity index is 1.38. The van der Waals surface area contributed by atoms with Crippen LogP contribution in [0.4, 0.5) is 0 Å². The number of phenols is 1. The zero-order valence-electron chi connectivity index (χ0n) is 19.7. The van der Waals surface area contributed by atoms with Crippen LogP contribution in [0, 0.1) is 5.92 Å². The van der Waals surface area contributed by atoms with Gasteiger partial charge in [-0.2, -0.15) is 0 Å². The number of likely N-dealkylation sites (tertiary alicyclic amines) is 1. The Hall–Kier alpha value is -2.56. The minimum absolute atomic E-state index is 0.0638. The van der Waals surface area contributed by atoms with Gasteiger partial charge in [0.2, 0.25) is 0 Å². The number of nitrogens with zero attached hydrogens (tertiary/aromatic N) is 2. The van der Waals surface area contributed by atoms with Crippen LogP contribution in [-0.2, 0) is 31.7 Å². The Labute approximate surface area is 210 Å². The van der Waals surface area contributed by atoms with Crippen molar-refractivity contribution in [1.82, 2.24) is 9.47 Å². The molecule has 0 spiro atoms. The fourth-order valence-electron chi connectivity index (χ4n) is 6.61. The number of piperidine rings is 1. The van der Waals surface area contributed by atoms with Gasteiger partial charge in [0.1, 0.15) is 5.75 Å². The van der Waals surface area contributed by atoms with E-state index in [1.54, 1.807) is 6.07 Å². The molecule has 1 fully saturated rings. The van der Waals surface area contributed by atoms with Crippen LogP contribution in [0.2, 0.25) is 0 Å². The zero-order valence-corrected chi connectivity index (χ0v) is 21.3. The van der Waals surface area contributed by atoms with Crippen molar-refractivity contribution in [3.8, 4) is 5.75 Å². The molecule has 4 aromatic rings. The molecule has 2 atom stereocenters. The summed E-state index contributed by atoms with van der Waals surface area (Å²) in [5.41, 5.74) is 7.08. The normalized spacial score (nSPS) is 22.5. The van der Waals surface area contributed by atoms with Gasteiger partial charge in [-0.15, -0.1) is 0 Å². The van der Waals surface area contributed by atoms with Crippen LogP contribution in [-0.4, -0.2) is 34.2 Å². The predicted octanol–water partition coefficient (Wildman–Crippen LogP) is 6.25. The largest absolute Gasteiger partial charge is 0.508 e. The molecule has 1 aliphatic carbocycles. The van der Waals surface area contributed by atoms with E-state index >= 15 is 0 Å². The van der Waals surface area contributed by atoms with Gasteiger partial charge in [0, 0.05) is 46.6 Å². The number of aromatic nitrogens is 1. The Morgan fingerprint density at radius 2 is 1.88 bits per heavy atom. The highest BCUT2D eigenvalue weighted by atomic mass is 79.9. The maximum Gasteiger partial charge on any atom is 0.115 e. The van der Waals surface area contributed by atoms with Crippen molar-refractivity contribution in [1.29, 1.82) is 0 Å². The lowest BCUT2D eigenvalue weighted by molar-refractivity contribution is 0.0815. The molecule has 0 saturated carbocycles. The highest BCUT2D eigenvalue weighted by Crippen LogP contribution is 2.50. The molecule has 174 valence electrons. The van der Waals surface area contributed by atoms with E-state index in [-0.39, 0.29) is 5.41 Å². The fraction of sp³-hybridized carbons (Fsp3) is 0.333. The summed E-state index contributed by atoms with van der Waals surface area (Å²) in [6, 6.07) is 25.6. The summed E-state index contributed by atoms with van der Waals surface area (Å²) in [4.78, 5) is 2.67. The quantitative estimate of drug-likeness (QED) is 0.348. The molecule has 2 heterocycles. The van der Waals surface area contributed by atoms with Crippen LogP contribution in [0.5, 0.6) is 5.75 Å². The Morgan fingerprint density at radius 1 is 1.03 bits per heavy atom. The molecule has 3 nitrogen and oxygen atoms in total. The zero-order chi connectivity index (χ0) is 23.3. The summed E-state index contributed by atoms with van der Waals surface area (Å²) in [7, 11) is 2.22. The van der Waals surface area contributed by atoms with Crippen molar-refractivity contribution in [2.24, 2.45) is 13.0 Å². The third-order valence-electron chi connectivity index (χ3n) is 8.45. The van der Waals surface area contributed by atoms with Gasteiger partial charge in [0.15, 0.2) is 0 Å². The molecule has 6 rings (SSSR count). The van der Waals surface area contributed by atoms with Gasteiger partial charge in [-0.05, 0) is 85.2 Å². The van der Waals surface area contributed by atoms with Gasteiger partial charge in [-0.25, -0.2) is 0 Å². The van der Waals surface area contributed by atoms with Crippen LogP contribution in [0.1, 0.15) is 28.8 Å². The number of benzene rings is 3. The lowest BCUT2D eigenvalue weighted by Gasteiger charge is -2.51. The van der Waals surface area contributed by atoms with Crippen molar-refractivity contribution in [3.05, 3.63) is 99.7 Å². The lowest BCUT2D eigenvalue weighted by Crippen LogP contribution is -2.54. The van der Waals surface area contributed by atoms with Crippen molar-refractivity contribution < 1.29 is 5.11 Å². The van der Waals surface area contributed by atoms with Gasteiger partial charge in [-0.3, -0.25) is 0 Å².